The Bertz CT molecular complexity index is 6250. The third-order valence-electron chi connectivity index (χ3n) is 23.9. The van der Waals surface area contributed by atoms with Crippen molar-refractivity contribution >= 4 is 102 Å². The Kier molecular flexibility index (Phi) is 25.4. The number of fused-ring (bicyclic) bond motifs is 16. The monoisotopic (exact) mass is 1630 g/mol. The number of aromatic nitrogens is 8. The van der Waals surface area contributed by atoms with Gasteiger partial charge < -0.3 is 29.4 Å². The van der Waals surface area contributed by atoms with Gasteiger partial charge in [-0.25, -0.2) is 41.9 Å². The lowest BCUT2D eigenvalue weighted by atomic mass is 9.92. The van der Waals surface area contributed by atoms with E-state index in [-0.39, 0.29) is 33.6 Å². The van der Waals surface area contributed by atoms with Gasteiger partial charge in [-0.2, -0.15) is 0 Å². The topological polar surface area (TPSA) is 219 Å². The number of benzene rings is 5. The molecule has 5 aromatic carbocycles. The standard InChI is InChI=1S/C100H99F5N10O6/c1-9-13-17-27-36-66-58(5)95-85(65-44-42-64(43-45-65)84-70-46-50-74(106-70)99(114(116)117)76-52-48-72(108-76)86(88-90(101)92(103)94(105)93(104)91(88)102)73-49-53-77(109-73)100(115(118)119)75-51-47-71(84)107-75)96-59(6)67(37-28-18-14-10-2)79(111-96)55-81-69(39-30-20-16-12-4)61(8)98(113-81)89(97-60(7)68(38-29-19-15-11-3)80(112-97)54-78(66)110-95)87-82(120-56-62-32-23-21-24-33-62)40-31-41-83(87)121-57-63-34-25-22-26-35-63/h21-26,31-35,40-55,106,109-110,113H,9-20,27-30,36-39,56-57H2,1-8H3. The fraction of sp³-hybridized carbons (Fsp3) is 0.300. The van der Waals surface area contributed by atoms with Crippen molar-refractivity contribution in [1.29, 1.82) is 0 Å². The molecule has 0 unspecified atom stereocenters. The van der Waals surface area contributed by atoms with Gasteiger partial charge in [-0.05, 0) is 219 Å². The quantitative estimate of drug-likeness (QED) is 0.00780. The largest absolute Gasteiger partial charge is 0.488 e. The lowest BCUT2D eigenvalue weighted by Crippen LogP contribution is -2.05. The molecule has 21 heteroatoms. The fourth-order valence-electron chi connectivity index (χ4n) is 17.4. The predicted molar refractivity (Wildman–Crippen MR) is 477 cm³/mol. The molecule has 4 N–H and O–H groups in total. The molecule has 16 bridgehead atoms. The van der Waals surface area contributed by atoms with Crippen LogP contribution in [0.1, 0.15) is 236 Å². The molecule has 0 saturated carbocycles. The zero-order valence-electron chi connectivity index (χ0n) is 69.7. The zero-order chi connectivity index (χ0) is 84.7. The summed E-state index contributed by atoms with van der Waals surface area (Å²) in [5.74, 6) is -10.1. The van der Waals surface area contributed by atoms with Crippen LogP contribution in [-0.4, -0.2) is 49.7 Å². The van der Waals surface area contributed by atoms with E-state index >= 15 is 17.6 Å². The van der Waals surface area contributed by atoms with Crippen LogP contribution in [-0.2, 0) is 26.1 Å². The van der Waals surface area contributed by atoms with E-state index in [0.717, 1.165) is 252 Å². The lowest BCUT2D eigenvalue weighted by molar-refractivity contribution is -0.383. The van der Waals surface area contributed by atoms with E-state index in [0.29, 0.717) is 41.4 Å². The molecule has 0 atom stereocenters. The molecule has 11 aromatic rings. The summed E-state index contributed by atoms with van der Waals surface area (Å²) in [4.78, 5) is 61.4. The number of unbranched alkanes of at least 4 members (excludes halogenated alkanes) is 12. The van der Waals surface area contributed by atoms with Crippen molar-refractivity contribution in [3.8, 4) is 56.0 Å². The number of aromatic amines is 4. The maximum Gasteiger partial charge on any atom is 0.318 e. The second-order valence-corrected chi connectivity index (χ2v) is 31.9. The molecule has 4 aliphatic rings. The Morgan fingerprint density at radius 3 is 1.17 bits per heavy atom. The Morgan fingerprint density at radius 1 is 0.355 bits per heavy atom. The molecule has 620 valence electrons. The molecule has 4 aliphatic heterocycles. The molecular formula is C100H99F5N10O6. The first-order valence-corrected chi connectivity index (χ1v) is 42.5. The maximum absolute atomic E-state index is 16.1. The molecule has 121 heavy (non-hydrogen) atoms. The highest BCUT2D eigenvalue weighted by Crippen LogP contribution is 2.51. The van der Waals surface area contributed by atoms with Crippen LogP contribution in [0.2, 0.25) is 0 Å². The third-order valence-corrected chi connectivity index (χ3v) is 23.9. The number of ether oxygens (including phenoxy) is 2. The molecule has 0 radical (unpaired) electrons. The average molecular weight is 1630 g/mol. The van der Waals surface area contributed by atoms with E-state index in [1.807, 2.05) is 66.7 Å². The number of aryl methyl sites for hydroxylation is 4. The summed E-state index contributed by atoms with van der Waals surface area (Å²) in [6, 6.07) is 44.7. The number of halogens is 5. The van der Waals surface area contributed by atoms with Crippen LogP contribution in [0.5, 0.6) is 11.5 Å². The maximum atomic E-state index is 16.1. The molecule has 0 amide bonds. The smallest absolute Gasteiger partial charge is 0.318 e. The first-order chi connectivity index (χ1) is 58.8. The summed E-state index contributed by atoms with van der Waals surface area (Å²) in [6.07, 6.45) is 25.0. The first-order valence-electron chi connectivity index (χ1n) is 42.5. The van der Waals surface area contributed by atoms with E-state index < -0.39 is 67.1 Å². The summed E-state index contributed by atoms with van der Waals surface area (Å²) in [6.45, 7) is 18.5. The molecule has 16 nitrogen and oxygen atoms in total. The van der Waals surface area contributed by atoms with Crippen molar-refractivity contribution in [3.05, 3.63) is 268 Å². The van der Waals surface area contributed by atoms with Gasteiger partial charge in [0, 0.05) is 44.3 Å². The number of hydrogen-bond donors (Lipinski definition) is 4. The van der Waals surface area contributed by atoms with Crippen LogP contribution < -0.4 is 9.47 Å². The van der Waals surface area contributed by atoms with E-state index in [2.05, 4.69) is 129 Å². The van der Waals surface area contributed by atoms with Crippen LogP contribution in [0.15, 0.2) is 140 Å². The number of nitrogens with one attached hydrogen (secondary N) is 4. The van der Waals surface area contributed by atoms with Gasteiger partial charge in [-0.3, -0.25) is 20.2 Å². The molecule has 6 aromatic heterocycles. The van der Waals surface area contributed by atoms with Crippen molar-refractivity contribution in [1.82, 2.24) is 39.9 Å². The van der Waals surface area contributed by atoms with Gasteiger partial charge in [0.1, 0.15) is 47.1 Å². The molecular weight excluding hydrogens is 1530 g/mol. The van der Waals surface area contributed by atoms with Crippen LogP contribution in [0.4, 0.5) is 33.3 Å². The Hall–Kier alpha value is -12.7. The second-order valence-electron chi connectivity index (χ2n) is 31.9. The highest BCUT2D eigenvalue weighted by atomic mass is 19.2. The van der Waals surface area contributed by atoms with E-state index in [1.165, 1.54) is 35.4 Å². The number of nitrogens with zero attached hydrogens (tertiary/aromatic N) is 6. The van der Waals surface area contributed by atoms with Crippen molar-refractivity contribution in [2.45, 2.75) is 197 Å². The first kappa shape index (κ1) is 83.4. The Morgan fingerprint density at radius 2 is 0.736 bits per heavy atom. The molecule has 0 aliphatic carbocycles. The molecule has 0 spiro atoms. The predicted octanol–water partition coefficient (Wildman–Crippen LogP) is 28.3. The van der Waals surface area contributed by atoms with Crippen molar-refractivity contribution in [2.24, 2.45) is 0 Å². The van der Waals surface area contributed by atoms with Gasteiger partial charge in [0.2, 0.25) is 5.82 Å². The number of nitro groups is 2. The SMILES string of the molecule is CCCCCCC1=C(C)c2nc1cc1[nH]c(c(C)c1CCCCCC)c(-c1c(OCc3ccccc3)cccc1OCc1ccccc1)c1nc(cc3[nH]c(c(C)c3CCCCCC)c2-c2ccc(-c3c4nc(c([N+](=O)[O-])c5ccc([nH]5)c(-c5c(F)c(F)c(F)c(F)c5F)c5nc(c([N+](=O)[O-])c6ccc3[nH]6)C=C5)C=C4)cc2)C(CCCCCC)=C1C. The summed E-state index contributed by atoms with van der Waals surface area (Å²) in [5.41, 5.74) is 17.8. The molecule has 15 rings (SSSR count). The number of allylic oxidation sites excluding steroid dienone is 4. The van der Waals surface area contributed by atoms with Crippen LogP contribution >= 0.6 is 0 Å². The van der Waals surface area contributed by atoms with Gasteiger partial charge in [0.25, 0.3) is 0 Å². The summed E-state index contributed by atoms with van der Waals surface area (Å²) < 4.78 is 91.4. The Balaban J connectivity index is 1.02. The normalized spacial score (nSPS) is 12.6. The van der Waals surface area contributed by atoms with Crippen molar-refractivity contribution in [3.63, 3.8) is 0 Å². The third kappa shape index (κ3) is 16.9. The van der Waals surface area contributed by atoms with E-state index in [9.17, 15) is 24.6 Å². The van der Waals surface area contributed by atoms with E-state index in [1.54, 1.807) is 12.1 Å². The fourth-order valence-corrected chi connectivity index (χ4v) is 17.4. The minimum atomic E-state index is -2.42. The molecule has 10 heterocycles. The van der Waals surface area contributed by atoms with Gasteiger partial charge in [-0.15, -0.1) is 0 Å². The highest BCUT2D eigenvalue weighted by Gasteiger charge is 2.34. The van der Waals surface area contributed by atoms with Crippen LogP contribution in [0, 0.1) is 63.2 Å². The summed E-state index contributed by atoms with van der Waals surface area (Å²) in [7, 11) is 0. The van der Waals surface area contributed by atoms with Crippen LogP contribution in [0.3, 0.4) is 0 Å². The minimum Gasteiger partial charge on any atom is -0.488 e. The van der Waals surface area contributed by atoms with Gasteiger partial charge >= 0.3 is 11.4 Å². The van der Waals surface area contributed by atoms with Crippen molar-refractivity contribution in [2.75, 3.05) is 0 Å². The lowest BCUT2D eigenvalue weighted by Gasteiger charge is -2.19. The molecule has 0 fully saturated rings. The van der Waals surface area contributed by atoms with Gasteiger partial charge in [0.15, 0.2) is 23.3 Å². The van der Waals surface area contributed by atoms with Gasteiger partial charge in [0.05, 0.1) is 66.2 Å². The highest BCUT2D eigenvalue weighted by molar-refractivity contribution is 6.06. The van der Waals surface area contributed by atoms with Crippen LogP contribution in [0.25, 0.3) is 135 Å². The number of rotatable bonds is 32. The number of hydrogen-bond acceptors (Lipinski definition) is 10. The minimum absolute atomic E-state index is 0.0828. The zero-order valence-corrected chi connectivity index (χ0v) is 69.7. The van der Waals surface area contributed by atoms with Gasteiger partial charge in [-0.1, -0.05) is 196 Å². The number of H-pyrrole nitrogens is 4. The van der Waals surface area contributed by atoms with Crippen molar-refractivity contribution < 1.29 is 41.3 Å². The summed E-state index contributed by atoms with van der Waals surface area (Å²) in [5, 5.41) is 27.0. The second kappa shape index (κ2) is 36.9. The summed E-state index contributed by atoms with van der Waals surface area (Å²) >= 11 is 0. The average Bonchev–Trinajstić information content (AvgIpc) is 1.62. The molecule has 0 saturated heterocycles. The Labute approximate surface area is 700 Å². The van der Waals surface area contributed by atoms with E-state index in [4.69, 9.17) is 24.4 Å².